The second kappa shape index (κ2) is 8.84. The van der Waals surface area contributed by atoms with Crippen LogP contribution in [0.5, 0.6) is 5.75 Å². The molecule has 0 spiro atoms. The van der Waals surface area contributed by atoms with Crippen LogP contribution in [0.25, 0.3) is 0 Å². The lowest BCUT2D eigenvalue weighted by atomic mass is 10.2. The number of benzene rings is 1. The van der Waals surface area contributed by atoms with E-state index in [9.17, 15) is 0 Å². The van der Waals surface area contributed by atoms with E-state index in [0.717, 1.165) is 24.5 Å². The molecule has 98 valence electrons. The van der Waals surface area contributed by atoms with E-state index in [2.05, 4.69) is 24.6 Å². The Bertz CT molecular complexity index is 390. The van der Waals surface area contributed by atoms with E-state index >= 15 is 0 Å². The van der Waals surface area contributed by atoms with Gasteiger partial charge in [0.15, 0.2) is 6.61 Å². The summed E-state index contributed by atoms with van der Waals surface area (Å²) in [6.45, 7) is 3.13. The van der Waals surface area contributed by atoms with Crippen molar-refractivity contribution in [2.45, 2.75) is 25.9 Å². The molecule has 0 aliphatic carbocycles. The van der Waals surface area contributed by atoms with E-state index in [0.29, 0.717) is 6.04 Å². The molecule has 1 aromatic carbocycles. The average molecular weight is 264 g/mol. The minimum atomic E-state index is 0.0982. The number of ether oxygens (including phenoxy) is 1. The van der Waals surface area contributed by atoms with Crippen LogP contribution in [0.3, 0.4) is 0 Å². The maximum atomic E-state index is 8.47. The second-order valence-corrected chi connectivity index (χ2v) is 4.95. The summed E-state index contributed by atoms with van der Waals surface area (Å²) in [5, 5.41) is 12.0. The topological polar surface area (TPSA) is 45.0 Å². The fourth-order valence-corrected chi connectivity index (χ4v) is 2.40. The lowest BCUT2D eigenvalue weighted by Gasteiger charge is -2.16. The molecule has 1 rings (SSSR count). The van der Waals surface area contributed by atoms with Gasteiger partial charge >= 0.3 is 0 Å². The molecule has 0 aromatic heterocycles. The van der Waals surface area contributed by atoms with Crippen molar-refractivity contribution in [1.29, 1.82) is 5.26 Å². The van der Waals surface area contributed by atoms with E-state index in [-0.39, 0.29) is 6.61 Å². The Morgan fingerprint density at radius 3 is 3.00 bits per heavy atom. The largest absolute Gasteiger partial charge is 0.479 e. The fraction of sp³-hybridized carbons (Fsp3) is 0.500. The van der Waals surface area contributed by atoms with Gasteiger partial charge in [0.2, 0.25) is 0 Å². The first-order valence-electron chi connectivity index (χ1n) is 6.11. The predicted molar refractivity (Wildman–Crippen MR) is 76.9 cm³/mol. The molecule has 0 aliphatic heterocycles. The third-order valence-corrected chi connectivity index (χ3v) is 3.39. The molecule has 4 heteroatoms. The monoisotopic (exact) mass is 264 g/mol. The van der Waals surface area contributed by atoms with Crippen LogP contribution in [-0.2, 0) is 6.54 Å². The predicted octanol–water partition coefficient (Wildman–Crippen LogP) is 2.82. The Morgan fingerprint density at radius 2 is 2.33 bits per heavy atom. The molecule has 0 aliphatic rings. The molecule has 1 atom stereocenters. The zero-order valence-corrected chi connectivity index (χ0v) is 11.8. The van der Waals surface area contributed by atoms with Gasteiger partial charge in [-0.3, -0.25) is 0 Å². The summed E-state index contributed by atoms with van der Waals surface area (Å²) in [5.74, 6) is 1.88. The summed E-state index contributed by atoms with van der Waals surface area (Å²) in [4.78, 5) is 0. The second-order valence-electron chi connectivity index (χ2n) is 4.04. The van der Waals surface area contributed by atoms with Crippen LogP contribution in [-0.4, -0.2) is 24.7 Å². The molecule has 1 unspecified atom stereocenters. The Balaban J connectivity index is 2.48. The molecule has 0 radical (unpaired) electrons. The lowest BCUT2D eigenvalue weighted by Crippen LogP contribution is -2.30. The molecule has 0 heterocycles. The summed E-state index contributed by atoms with van der Waals surface area (Å²) in [6, 6.07) is 10.4. The van der Waals surface area contributed by atoms with Gasteiger partial charge in [-0.25, -0.2) is 0 Å². The Morgan fingerprint density at radius 1 is 1.50 bits per heavy atom. The minimum Gasteiger partial charge on any atom is -0.479 e. The smallest absolute Gasteiger partial charge is 0.174 e. The number of hydrogen-bond acceptors (Lipinski definition) is 4. The van der Waals surface area contributed by atoms with Gasteiger partial charge in [-0.1, -0.05) is 19.1 Å². The molecule has 0 saturated heterocycles. The van der Waals surface area contributed by atoms with Gasteiger partial charge in [0, 0.05) is 18.3 Å². The molecular formula is C14H20N2OS. The van der Waals surface area contributed by atoms with Crippen molar-refractivity contribution in [3.8, 4) is 11.8 Å². The summed E-state index contributed by atoms with van der Waals surface area (Å²) in [7, 11) is 0. The average Bonchev–Trinajstić information content (AvgIpc) is 2.41. The number of nitrogens with one attached hydrogen (secondary N) is 1. The summed E-state index contributed by atoms with van der Waals surface area (Å²) >= 11 is 1.86. The van der Waals surface area contributed by atoms with Crippen LogP contribution in [0.15, 0.2) is 24.3 Å². The summed E-state index contributed by atoms with van der Waals surface area (Å²) in [5.41, 5.74) is 1.19. The van der Waals surface area contributed by atoms with E-state index < -0.39 is 0 Å². The van der Waals surface area contributed by atoms with Crippen LogP contribution in [0.1, 0.15) is 18.9 Å². The quantitative estimate of drug-likeness (QED) is 0.784. The van der Waals surface area contributed by atoms with E-state index in [1.54, 1.807) is 0 Å². The molecule has 0 saturated carbocycles. The van der Waals surface area contributed by atoms with Crippen molar-refractivity contribution < 1.29 is 4.74 Å². The highest BCUT2D eigenvalue weighted by molar-refractivity contribution is 7.98. The first-order valence-corrected chi connectivity index (χ1v) is 7.50. The number of thioether (sulfide) groups is 1. The number of rotatable bonds is 8. The first-order chi connectivity index (χ1) is 8.80. The Hall–Kier alpha value is -1.18. The molecular weight excluding hydrogens is 244 g/mol. The van der Waals surface area contributed by atoms with Gasteiger partial charge < -0.3 is 10.1 Å². The van der Waals surface area contributed by atoms with E-state index in [4.69, 9.17) is 10.00 Å². The van der Waals surface area contributed by atoms with E-state index in [1.165, 1.54) is 5.56 Å². The summed E-state index contributed by atoms with van der Waals surface area (Å²) < 4.78 is 5.28. The van der Waals surface area contributed by atoms with Crippen LogP contribution < -0.4 is 10.1 Å². The summed E-state index contributed by atoms with van der Waals surface area (Å²) in [6.07, 6.45) is 3.26. The minimum absolute atomic E-state index is 0.0982. The van der Waals surface area contributed by atoms with Gasteiger partial charge in [-0.2, -0.15) is 17.0 Å². The lowest BCUT2D eigenvalue weighted by molar-refractivity contribution is 0.367. The molecule has 0 amide bonds. The highest BCUT2D eigenvalue weighted by Gasteiger charge is 2.04. The van der Waals surface area contributed by atoms with Crippen LogP contribution in [0.4, 0.5) is 0 Å². The van der Waals surface area contributed by atoms with Gasteiger partial charge in [0.25, 0.3) is 0 Å². The maximum absolute atomic E-state index is 8.47. The van der Waals surface area contributed by atoms with Crippen LogP contribution in [0.2, 0.25) is 0 Å². The Kier molecular flexibility index (Phi) is 7.31. The number of nitriles is 1. The molecule has 3 nitrogen and oxygen atoms in total. The van der Waals surface area contributed by atoms with Crippen molar-refractivity contribution in [2.24, 2.45) is 0 Å². The number of hydrogen-bond donors (Lipinski definition) is 1. The third-order valence-electron chi connectivity index (χ3n) is 2.66. The fourth-order valence-electron chi connectivity index (χ4n) is 1.65. The van der Waals surface area contributed by atoms with Crippen LogP contribution >= 0.6 is 11.8 Å². The molecule has 0 fully saturated rings. The standard InChI is InChI=1S/C14H20N2OS/c1-3-13(11-18-2)16-10-12-5-4-6-14(9-12)17-8-7-15/h4-6,9,13,16H,3,8,10-11H2,1-2H3. The van der Waals surface area contributed by atoms with Crippen LogP contribution in [0, 0.1) is 11.3 Å². The number of nitrogens with zero attached hydrogens (tertiary/aromatic N) is 1. The zero-order valence-electron chi connectivity index (χ0n) is 11.0. The highest BCUT2D eigenvalue weighted by atomic mass is 32.2. The maximum Gasteiger partial charge on any atom is 0.174 e. The third kappa shape index (κ3) is 5.44. The Labute approximate surface area is 114 Å². The highest BCUT2D eigenvalue weighted by Crippen LogP contribution is 2.13. The van der Waals surface area contributed by atoms with E-state index in [1.807, 2.05) is 36.0 Å². The van der Waals surface area contributed by atoms with Gasteiger partial charge in [0.05, 0.1) is 0 Å². The van der Waals surface area contributed by atoms with Crippen molar-refractivity contribution in [1.82, 2.24) is 5.32 Å². The SMILES string of the molecule is CCC(CSC)NCc1cccc(OCC#N)c1. The molecule has 1 N–H and O–H groups in total. The van der Waals surface area contributed by atoms with Crippen molar-refractivity contribution >= 4 is 11.8 Å². The first kappa shape index (κ1) is 14.9. The van der Waals surface area contributed by atoms with Crippen molar-refractivity contribution in [2.75, 3.05) is 18.6 Å². The molecule has 0 bridgehead atoms. The zero-order chi connectivity index (χ0) is 13.2. The van der Waals surface area contributed by atoms with Crippen molar-refractivity contribution in [3.05, 3.63) is 29.8 Å². The van der Waals surface area contributed by atoms with Crippen molar-refractivity contribution in [3.63, 3.8) is 0 Å². The van der Waals surface area contributed by atoms with Gasteiger partial charge in [-0.15, -0.1) is 0 Å². The van der Waals surface area contributed by atoms with Gasteiger partial charge in [-0.05, 0) is 30.4 Å². The molecule has 18 heavy (non-hydrogen) atoms. The van der Waals surface area contributed by atoms with Gasteiger partial charge in [0.1, 0.15) is 11.8 Å². The molecule has 1 aromatic rings. The normalized spacial score (nSPS) is 11.8.